The highest BCUT2D eigenvalue weighted by Crippen LogP contribution is 2.31. The van der Waals surface area contributed by atoms with Crippen molar-refractivity contribution in [2.45, 2.75) is 109 Å². The fraction of sp³-hybridized carbons (Fsp3) is 1.00. The van der Waals surface area contributed by atoms with Gasteiger partial charge in [-0.05, 0) is 76.2 Å². The van der Waals surface area contributed by atoms with Crippen molar-refractivity contribution in [3.05, 3.63) is 0 Å². The lowest BCUT2D eigenvalue weighted by molar-refractivity contribution is -0.00896. The molecule has 0 aromatic rings. The lowest BCUT2D eigenvalue weighted by atomic mass is 9.83. The topological polar surface area (TPSA) is 21.3 Å². The predicted octanol–water partition coefficient (Wildman–Crippen LogP) is 5.70. The number of nitrogens with one attached hydrogen (secondary N) is 1. The van der Waals surface area contributed by atoms with E-state index in [1.165, 1.54) is 90.0 Å². The van der Waals surface area contributed by atoms with E-state index in [1.54, 1.807) is 0 Å². The molecule has 2 saturated carbocycles. The van der Waals surface area contributed by atoms with E-state index >= 15 is 0 Å². The first-order valence-electron chi connectivity index (χ1n) is 10.7. The summed E-state index contributed by atoms with van der Waals surface area (Å²) in [5, 5.41) is 3.68. The van der Waals surface area contributed by atoms with Gasteiger partial charge in [0.2, 0.25) is 0 Å². The molecule has 0 spiro atoms. The molecule has 2 heteroatoms. The van der Waals surface area contributed by atoms with Gasteiger partial charge in [-0.1, -0.05) is 39.5 Å². The van der Waals surface area contributed by atoms with Gasteiger partial charge in [0.05, 0.1) is 6.10 Å². The van der Waals surface area contributed by atoms with Crippen LogP contribution in [-0.2, 0) is 4.74 Å². The predicted molar refractivity (Wildman–Crippen MR) is 99.9 cm³/mol. The van der Waals surface area contributed by atoms with E-state index in [4.69, 9.17) is 4.74 Å². The number of hydrogen-bond acceptors (Lipinski definition) is 2. The monoisotopic (exact) mass is 323 g/mol. The summed E-state index contributed by atoms with van der Waals surface area (Å²) in [6, 6.07) is 0.782. The molecule has 0 unspecified atom stereocenters. The summed E-state index contributed by atoms with van der Waals surface area (Å²) in [6.07, 6.45) is 18.5. The Kier molecular flexibility index (Phi) is 9.60. The maximum Gasteiger partial charge on any atom is 0.0575 e. The average Bonchev–Trinajstić information content (AvgIpc) is 2.60. The summed E-state index contributed by atoms with van der Waals surface area (Å²) in [7, 11) is 0. The molecule has 0 saturated heterocycles. The smallest absolute Gasteiger partial charge is 0.0575 e. The maximum atomic E-state index is 6.29. The normalized spacial score (nSPS) is 32.1. The SMILES string of the molecule is CCCCC[C@H]1CC[C@H](OC[C@H]2CC[C@H](NCCC)CC2)CC1. The number of rotatable bonds is 10. The third kappa shape index (κ3) is 7.56. The van der Waals surface area contributed by atoms with Crippen LogP contribution in [0.4, 0.5) is 0 Å². The highest BCUT2D eigenvalue weighted by molar-refractivity contribution is 4.78. The second kappa shape index (κ2) is 11.5. The third-order valence-electron chi connectivity index (χ3n) is 6.11. The molecule has 0 aliphatic heterocycles. The van der Waals surface area contributed by atoms with Crippen molar-refractivity contribution in [3.63, 3.8) is 0 Å². The molecule has 2 nitrogen and oxygen atoms in total. The number of hydrogen-bond donors (Lipinski definition) is 1. The molecule has 2 rings (SSSR count). The first-order chi connectivity index (χ1) is 11.3. The lowest BCUT2D eigenvalue weighted by Gasteiger charge is -2.32. The Morgan fingerprint density at radius 3 is 2.13 bits per heavy atom. The van der Waals surface area contributed by atoms with Gasteiger partial charge < -0.3 is 10.1 Å². The van der Waals surface area contributed by atoms with Gasteiger partial charge >= 0.3 is 0 Å². The largest absolute Gasteiger partial charge is 0.378 e. The summed E-state index contributed by atoms with van der Waals surface area (Å²) >= 11 is 0. The molecular weight excluding hydrogens is 282 g/mol. The van der Waals surface area contributed by atoms with E-state index in [9.17, 15) is 0 Å². The zero-order chi connectivity index (χ0) is 16.3. The third-order valence-corrected chi connectivity index (χ3v) is 6.11. The van der Waals surface area contributed by atoms with Crippen molar-refractivity contribution in [3.8, 4) is 0 Å². The van der Waals surface area contributed by atoms with Gasteiger partial charge in [0.15, 0.2) is 0 Å². The minimum Gasteiger partial charge on any atom is -0.378 e. The second-order valence-electron chi connectivity index (χ2n) is 8.14. The van der Waals surface area contributed by atoms with E-state index in [0.717, 1.165) is 24.5 Å². The van der Waals surface area contributed by atoms with Gasteiger partial charge in [0.25, 0.3) is 0 Å². The van der Waals surface area contributed by atoms with Gasteiger partial charge in [-0.25, -0.2) is 0 Å². The summed E-state index contributed by atoms with van der Waals surface area (Å²) < 4.78 is 6.29. The minimum atomic E-state index is 0.577. The van der Waals surface area contributed by atoms with Crippen LogP contribution < -0.4 is 5.32 Å². The van der Waals surface area contributed by atoms with Crippen LogP contribution in [0.5, 0.6) is 0 Å². The van der Waals surface area contributed by atoms with Crippen molar-refractivity contribution in [1.82, 2.24) is 5.32 Å². The molecule has 0 aromatic heterocycles. The van der Waals surface area contributed by atoms with Crippen LogP contribution in [-0.4, -0.2) is 25.3 Å². The Morgan fingerprint density at radius 2 is 1.48 bits per heavy atom. The van der Waals surface area contributed by atoms with E-state index in [2.05, 4.69) is 19.2 Å². The fourth-order valence-electron chi connectivity index (χ4n) is 4.42. The van der Waals surface area contributed by atoms with Gasteiger partial charge in [0, 0.05) is 12.6 Å². The molecule has 0 aromatic carbocycles. The first-order valence-corrected chi connectivity index (χ1v) is 10.7. The summed E-state index contributed by atoms with van der Waals surface area (Å²) in [4.78, 5) is 0. The first kappa shape index (κ1) is 19.2. The maximum absolute atomic E-state index is 6.29. The Hall–Kier alpha value is -0.0800. The van der Waals surface area contributed by atoms with E-state index in [0.29, 0.717) is 6.10 Å². The van der Waals surface area contributed by atoms with Crippen LogP contribution >= 0.6 is 0 Å². The lowest BCUT2D eigenvalue weighted by Crippen LogP contribution is -2.35. The molecule has 0 heterocycles. The van der Waals surface area contributed by atoms with Crippen molar-refractivity contribution in [1.29, 1.82) is 0 Å². The van der Waals surface area contributed by atoms with Crippen molar-refractivity contribution in [2.75, 3.05) is 13.2 Å². The van der Waals surface area contributed by atoms with Gasteiger partial charge in [-0.3, -0.25) is 0 Å². The Bertz CT molecular complexity index is 278. The van der Waals surface area contributed by atoms with Gasteiger partial charge in [0.1, 0.15) is 0 Å². The van der Waals surface area contributed by atoms with E-state index in [-0.39, 0.29) is 0 Å². The van der Waals surface area contributed by atoms with E-state index in [1.807, 2.05) is 0 Å². The van der Waals surface area contributed by atoms with Crippen LogP contribution in [0, 0.1) is 11.8 Å². The van der Waals surface area contributed by atoms with Crippen molar-refractivity contribution in [2.24, 2.45) is 11.8 Å². The molecule has 0 bridgehead atoms. The molecule has 2 aliphatic rings. The molecule has 2 fully saturated rings. The molecule has 0 atom stereocenters. The standard InChI is InChI=1S/C21H41NO/c1-3-5-6-7-18-10-14-21(15-11-18)23-17-19-8-12-20(13-9-19)22-16-4-2/h18-22H,3-17H2,1-2H3/t18-,19-,20-,21-. The fourth-order valence-corrected chi connectivity index (χ4v) is 4.42. The van der Waals surface area contributed by atoms with E-state index < -0.39 is 0 Å². The van der Waals surface area contributed by atoms with Gasteiger partial charge in [-0.15, -0.1) is 0 Å². The molecule has 0 amide bonds. The average molecular weight is 324 g/mol. The molecule has 2 aliphatic carbocycles. The Labute approximate surface area is 145 Å². The second-order valence-corrected chi connectivity index (χ2v) is 8.14. The molecule has 1 N–H and O–H groups in total. The Balaban J connectivity index is 1.51. The zero-order valence-corrected chi connectivity index (χ0v) is 15.8. The number of ether oxygens (including phenoxy) is 1. The van der Waals surface area contributed by atoms with Crippen LogP contribution in [0.15, 0.2) is 0 Å². The summed E-state index contributed by atoms with van der Waals surface area (Å²) in [5.41, 5.74) is 0. The highest BCUT2D eigenvalue weighted by Gasteiger charge is 2.24. The quantitative estimate of drug-likeness (QED) is 0.521. The molecular formula is C21H41NO. The van der Waals surface area contributed by atoms with Crippen molar-refractivity contribution < 1.29 is 4.74 Å². The highest BCUT2D eigenvalue weighted by atomic mass is 16.5. The summed E-state index contributed by atoms with van der Waals surface area (Å²) in [5.74, 6) is 1.83. The molecule has 0 radical (unpaired) electrons. The van der Waals surface area contributed by atoms with Gasteiger partial charge in [-0.2, -0.15) is 0 Å². The van der Waals surface area contributed by atoms with Crippen molar-refractivity contribution >= 4 is 0 Å². The number of unbranched alkanes of at least 4 members (excludes halogenated alkanes) is 2. The van der Waals surface area contributed by atoms with Crippen LogP contribution in [0.25, 0.3) is 0 Å². The molecule has 23 heavy (non-hydrogen) atoms. The van der Waals surface area contributed by atoms with Crippen LogP contribution in [0.2, 0.25) is 0 Å². The van der Waals surface area contributed by atoms with Crippen LogP contribution in [0.1, 0.15) is 97.3 Å². The minimum absolute atomic E-state index is 0.577. The zero-order valence-electron chi connectivity index (χ0n) is 15.8. The Morgan fingerprint density at radius 1 is 0.783 bits per heavy atom. The van der Waals surface area contributed by atoms with Crippen LogP contribution in [0.3, 0.4) is 0 Å². The summed E-state index contributed by atoms with van der Waals surface area (Å²) in [6.45, 7) is 6.78. The molecule has 136 valence electrons.